The van der Waals surface area contributed by atoms with Gasteiger partial charge in [-0.25, -0.2) is 9.97 Å². The van der Waals surface area contributed by atoms with Crippen molar-refractivity contribution in [1.29, 1.82) is 0 Å². The van der Waals surface area contributed by atoms with Crippen LogP contribution in [-0.4, -0.2) is 71.7 Å². The second kappa shape index (κ2) is 10.0. The molecule has 2 saturated carbocycles. The van der Waals surface area contributed by atoms with Gasteiger partial charge in [-0.3, -0.25) is 9.13 Å². The van der Waals surface area contributed by atoms with Crippen LogP contribution in [0, 0.1) is 0 Å². The average Bonchev–Trinajstić information content (AvgIpc) is 3.45. The van der Waals surface area contributed by atoms with Gasteiger partial charge in [0, 0.05) is 17.3 Å². The zero-order valence-electron chi connectivity index (χ0n) is 19.5. The molecule has 2 aromatic rings. The molecule has 6 N–H and O–H groups in total. The van der Waals surface area contributed by atoms with Crippen LogP contribution in [0.15, 0.2) is 18.2 Å². The number of benzene rings is 1. The number of aromatic nitrogens is 2. The minimum Gasteiger partial charge on any atom is -0.387 e. The van der Waals surface area contributed by atoms with E-state index in [1.54, 1.807) is 12.1 Å². The number of aliphatic hydroxyl groups excluding tert-OH is 2. The van der Waals surface area contributed by atoms with E-state index in [1.165, 1.54) is 12.8 Å². The molecule has 14 heteroatoms. The van der Waals surface area contributed by atoms with Gasteiger partial charge in [0.05, 0.1) is 12.1 Å². The van der Waals surface area contributed by atoms with Crippen LogP contribution in [0.2, 0.25) is 0 Å². The monoisotopic (exact) mass is 543 g/mol. The quantitative estimate of drug-likeness (QED) is 0.253. The first-order valence-corrected chi connectivity index (χ1v) is 15.7. The molecule has 1 aromatic carbocycles. The first-order valence-electron chi connectivity index (χ1n) is 12.1. The average molecular weight is 543 g/mol. The van der Waals surface area contributed by atoms with Gasteiger partial charge < -0.3 is 39.5 Å². The van der Waals surface area contributed by atoms with Gasteiger partial charge in [0.1, 0.15) is 36.1 Å². The lowest BCUT2D eigenvalue weighted by Gasteiger charge is -2.19. The summed E-state index contributed by atoms with van der Waals surface area (Å²) in [4.78, 5) is 37.1. The fourth-order valence-electron chi connectivity index (χ4n) is 4.86. The van der Waals surface area contributed by atoms with Crippen LogP contribution in [-0.2, 0) is 18.4 Å². The molecule has 3 fully saturated rings. The first kappa shape index (κ1) is 26.2. The van der Waals surface area contributed by atoms with Gasteiger partial charge in [0.2, 0.25) is 0 Å². The number of ether oxygens (including phenoxy) is 1. The highest BCUT2D eigenvalue weighted by Crippen LogP contribution is 2.55. The maximum atomic E-state index is 11.9. The van der Waals surface area contributed by atoms with Crippen molar-refractivity contribution in [2.24, 2.45) is 0 Å². The molecule has 5 rings (SSSR count). The van der Waals surface area contributed by atoms with Crippen molar-refractivity contribution in [3.8, 4) is 0 Å². The van der Waals surface area contributed by atoms with Crippen LogP contribution >= 0.6 is 15.2 Å². The predicted octanol–water partition coefficient (Wildman–Crippen LogP) is 2.36. The molecule has 5 atom stereocenters. The lowest BCUT2D eigenvalue weighted by atomic mass is 10.00. The third-order valence-corrected chi connectivity index (χ3v) is 10.3. The van der Waals surface area contributed by atoms with E-state index in [-0.39, 0.29) is 0 Å². The summed E-state index contributed by atoms with van der Waals surface area (Å²) >= 11 is 0. The molecule has 1 saturated heterocycles. The highest BCUT2D eigenvalue weighted by molar-refractivity contribution is 7.70. The van der Waals surface area contributed by atoms with Gasteiger partial charge in [0.15, 0.2) is 5.90 Å². The third-order valence-electron chi connectivity index (χ3n) is 6.87. The number of hydrogen-bond acceptors (Lipinski definition) is 9. The van der Waals surface area contributed by atoms with E-state index in [1.807, 2.05) is 6.07 Å². The topological polar surface area (TPSA) is 192 Å². The molecule has 36 heavy (non-hydrogen) atoms. The molecular formula is C22H31N3O9P2. The largest absolute Gasteiger partial charge is 0.387 e. The van der Waals surface area contributed by atoms with E-state index in [9.17, 15) is 24.2 Å². The van der Waals surface area contributed by atoms with Gasteiger partial charge in [0.25, 0.3) is 0 Å². The molecule has 1 aromatic heterocycles. The third kappa shape index (κ3) is 5.99. The SMILES string of the molecule is O=P(O)(O)CP(=O)(O)OC[C@H]1O[C@@H](c2ccc3c(NC4CCCC4)nc(C4CC4)nc3c2)[C@H](O)[C@@H]1O. The van der Waals surface area contributed by atoms with Crippen molar-refractivity contribution in [3.05, 3.63) is 29.6 Å². The molecule has 3 aliphatic rings. The van der Waals surface area contributed by atoms with E-state index in [4.69, 9.17) is 29.0 Å². The van der Waals surface area contributed by atoms with E-state index in [2.05, 4.69) is 5.32 Å². The second-order valence-electron chi connectivity index (χ2n) is 9.92. The van der Waals surface area contributed by atoms with Crippen molar-refractivity contribution < 1.29 is 43.3 Å². The van der Waals surface area contributed by atoms with Crippen LogP contribution in [0.3, 0.4) is 0 Å². The van der Waals surface area contributed by atoms with Crippen LogP contribution < -0.4 is 5.32 Å². The van der Waals surface area contributed by atoms with E-state index in [0.29, 0.717) is 23.0 Å². The normalized spacial score (nSPS) is 29.0. The zero-order chi connectivity index (χ0) is 25.7. The van der Waals surface area contributed by atoms with Gasteiger partial charge in [-0.05, 0) is 43.4 Å². The van der Waals surface area contributed by atoms with Crippen LogP contribution in [0.4, 0.5) is 5.82 Å². The Kier molecular flexibility index (Phi) is 7.28. The van der Waals surface area contributed by atoms with Gasteiger partial charge in [-0.1, -0.05) is 18.9 Å². The highest BCUT2D eigenvalue weighted by atomic mass is 31.2. The second-order valence-corrected chi connectivity index (χ2v) is 13.9. The Balaban J connectivity index is 1.36. The lowest BCUT2D eigenvalue weighted by molar-refractivity contribution is -0.0186. The number of rotatable bonds is 9. The van der Waals surface area contributed by atoms with Crippen LogP contribution in [0.1, 0.15) is 61.9 Å². The van der Waals surface area contributed by atoms with E-state index < -0.39 is 52.1 Å². The molecule has 2 heterocycles. The standard InChI is InChI=1S/C22H31N3O9P2/c26-18-17(10-33-36(31,32)11-35(28,29)30)34-20(19(18)27)13-7-8-15-16(9-13)24-21(12-5-6-12)25-22(15)23-14-3-1-2-4-14/h7-9,12,14,17-20,26-27H,1-6,10-11H2,(H,31,32)(H,23,24,25)(H2,28,29,30)/t17-,18-,19-,20+/m1/s1. The molecular weight excluding hydrogens is 512 g/mol. The minimum atomic E-state index is -4.79. The molecule has 0 bridgehead atoms. The summed E-state index contributed by atoms with van der Waals surface area (Å²) in [6, 6.07) is 5.78. The molecule has 2 aliphatic carbocycles. The Hall–Kier alpha value is -1.46. The van der Waals surface area contributed by atoms with Crippen molar-refractivity contribution in [2.75, 3.05) is 17.8 Å². The van der Waals surface area contributed by atoms with E-state index in [0.717, 1.165) is 42.7 Å². The molecule has 1 unspecified atom stereocenters. The van der Waals surface area contributed by atoms with Gasteiger partial charge in [-0.2, -0.15) is 0 Å². The summed E-state index contributed by atoms with van der Waals surface area (Å²) < 4.78 is 33.5. The fourth-order valence-corrected chi connectivity index (χ4v) is 7.43. The first-order chi connectivity index (χ1) is 17.0. The minimum absolute atomic E-state index is 0.334. The highest BCUT2D eigenvalue weighted by Gasteiger charge is 2.45. The van der Waals surface area contributed by atoms with Crippen molar-refractivity contribution >= 4 is 31.9 Å². The molecule has 0 spiro atoms. The summed E-state index contributed by atoms with van der Waals surface area (Å²) in [6.07, 6.45) is 1.75. The smallest absolute Gasteiger partial charge is 0.340 e. The lowest BCUT2D eigenvalue weighted by Crippen LogP contribution is -2.33. The Labute approximate surface area is 207 Å². The van der Waals surface area contributed by atoms with Crippen LogP contribution in [0.5, 0.6) is 0 Å². The summed E-state index contributed by atoms with van der Waals surface area (Å²) in [5, 5.41) is 25.5. The fraction of sp³-hybridized carbons (Fsp3) is 0.636. The Morgan fingerprint density at radius 2 is 1.75 bits per heavy atom. The molecule has 1 aliphatic heterocycles. The maximum absolute atomic E-state index is 11.9. The summed E-state index contributed by atoms with van der Waals surface area (Å²) in [6.45, 7) is -0.625. The number of aliphatic hydroxyl groups is 2. The van der Waals surface area contributed by atoms with Crippen LogP contribution in [0.25, 0.3) is 10.9 Å². The Bertz CT molecular complexity index is 1210. The van der Waals surface area contributed by atoms with E-state index >= 15 is 0 Å². The zero-order valence-corrected chi connectivity index (χ0v) is 21.3. The number of anilines is 1. The maximum Gasteiger partial charge on any atom is 0.340 e. The Morgan fingerprint density at radius 1 is 1.03 bits per heavy atom. The number of nitrogens with zero attached hydrogens (tertiary/aromatic N) is 2. The molecule has 198 valence electrons. The Morgan fingerprint density at radius 3 is 2.42 bits per heavy atom. The summed E-state index contributed by atoms with van der Waals surface area (Å²) in [5.41, 5.74) is 1.25. The van der Waals surface area contributed by atoms with Gasteiger partial charge in [-0.15, -0.1) is 0 Å². The van der Waals surface area contributed by atoms with Crippen molar-refractivity contribution in [3.63, 3.8) is 0 Å². The van der Waals surface area contributed by atoms with Crippen molar-refractivity contribution in [1.82, 2.24) is 9.97 Å². The predicted molar refractivity (Wildman–Crippen MR) is 130 cm³/mol. The summed E-state index contributed by atoms with van der Waals surface area (Å²) in [5.74, 6) is 0.562. The van der Waals surface area contributed by atoms with Gasteiger partial charge >= 0.3 is 15.2 Å². The van der Waals surface area contributed by atoms with Crippen molar-refractivity contribution in [2.45, 2.75) is 74.9 Å². The number of nitrogens with one attached hydrogen (secondary N) is 1. The number of fused-ring (bicyclic) bond motifs is 1. The molecule has 12 nitrogen and oxygen atoms in total. The summed E-state index contributed by atoms with van der Waals surface area (Å²) in [7, 11) is -9.41. The number of hydrogen-bond donors (Lipinski definition) is 6. The molecule has 0 radical (unpaired) electrons. The molecule has 0 amide bonds.